The van der Waals surface area contributed by atoms with E-state index in [-0.39, 0.29) is 5.41 Å². The van der Waals surface area contributed by atoms with Gasteiger partial charge in [-0.2, -0.15) is 0 Å². The molecule has 102 valence electrons. The molecule has 0 atom stereocenters. The highest BCUT2D eigenvalue weighted by atomic mass is 79.9. The van der Waals surface area contributed by atoms with Crippen LogP contribution in [0.4, 0.5) is 5.82 Å². The zero-order chi connectivity index (χ0) is 14.0. The number of thiazole rings is 1. The summed E-state index contributed by atoms with van der Waals surface area (Å²) in [6, 6.07) is 0. The Balaban J connectivity index is 2.61. The normalized spacial score (nSPS) is 11.6. The molecule has 0 aliphatic rings. The fourth-order valence-electron chi connectivity index (χ4n) is 1.67. The van der Waals surface area contributed by atoms with E-state index >= 15 is 0 Å². The zero-order valence-electron chi connectivity index (χ0n) is 11.5. The van der Waals surface area contributed by atoms with Crippen LogP contribution in [0.25, 0.3) is 11.5 Å². The minimum absolute atomic E-state index is 0.0588. The Labute approximate surface area is 125 Å². The molecule has 2 aromatic heterocycles. The molecule has 0 unspecified atom stereocenters. The summed E-state index contributed by atoms with van der Waals surface area (Å²) in [5.41, 5.74) is 3.55. The standard InChI is InChI=1S/C13H17BrN4S/c1-5-15-12-9(14)10(13(2,3)4)17-11(18-12)8-6-19-7-16-8/h6-7H,5H2,1-4H3,(H,15,17,18). The van der Waals surface area contributed by atoms with Crippen molar-refractivity contribution in [3.05, 3.63) is 21.1 Å². The third kappa shape index (κ3) is 3.12. The van der Waals surface area contributed by atoms with E-state index in [9.17, 15) is 0 Å². The fourth-order valence-corrected chi connectivity index (χ4v) is 3.11. The van der Waals surface area contributed by atoms with Gasteiger partial charge >= 0.3 is 0 Å². The second kappa shape index (κ2) is 5.54. The van der Waals surface area contributed by atoms with Crippen LogP contribution in [-0.4, -0.2) is 21.5 Å². The predicted octanol–water partition coefficient (Wildman–Crippen LogP) is 4.09. The van der Waals surface area contributed by atoms with Gasteiger partial charge < -0.3 is 5.32 Å². The molecule has 0 saturated carbocycles. The van der Waals surface area contributed by atoms with Crippen LogP contribution >= 0.6 is 27.3 Å². The van der Waals surface area contributed by atoms with Gasteiger partial charge in [-0.1, -0.05) is 20.8 Å². The minimum atomic E-state index is -0.0588. The number of nitrogens with zero attached hydrogens (tertiary/aromatic N) is 3. The Kier molecular flexibility index (Phi) is 4.20. The lowest BCUT2D eigenvalue weighted by Gasteiger charge is -2.21. The van der Waals surface area contributed by atoms with Gasteiger partial charge in [-0.05, 0) is 22.9 Å². The summed E-state index contributed by atoms with van der Waals surface area (Å²) in [6.45, 7) is 9.28. The molecule has 2 rings (SSSR count). The summed E-state index contributed by atoms with van der Waals surface area (Å²) >= 11 is 5.16. The lowest BCUT2D eigenvalue weighted by Crippen LogP contribution is -2.17. The molecule has 2 aromatic rings. The molecule has 0 fully saturated rings. The maximum Gasteiger partial charge on any atom is 0.181 e. The number of rotatable bonds is 3. The first-order valence-electron chi connectivity index (χ1n) is 6.14. The van der Waals surface area contributed by atoms with E-state index in [4.69, 9.17) is 0 Å². The molecule has 0 radical (unpaired) electrons. The Morgan fingerprint density at radius 3 is 2.58 bits per heavy atom. The molecule has 2 heterocycles. The number of hydrogen-bond acceptors (Lipinski definition) is 5. The maximum absolute atomic E-state index is 4.68. The zero-order valence-corrected chi connectivity index (χ0v) is 13.9. The quantitative estimate of drug-likeness (QED) is 0.913. The van der Waals surface area contributed by atoms with Crippen LogP contribution in [0, 0.1) is 0 Å². The molecule has 6 heteroatoms. The Morgan fingerprint density at radius 2 is 2.05 bits per heavy atom. The largest absolute Gasteiger partial charge is 0.369 e. The highest BCUT2D eigenvalue weighted by molar-refractivity contribution is 9.10. The van der Waals surface area contributed by atoms with E-state index in [2.05, 4.69) is 57.0 Å². The summed E-state index contributed by atoms with van der Waals surface area (Å²) in [5.74, 6) is 1.50. The van der Waals surface area contributed by atoms with Crippen LogP contribution in [0.1, 0.15) is 33.4 Å². The molecular formula is C13H17BrN4S. The summed E-state index contributed by atoms with van der Waals surface area (Å²) in [6.07, 6.45) is 0. The van der Waals surface area contributed by atoms with Gasteiger partial charge in [0.05, 0.1) is 15.7 Å². The van der Waals surface area contributed by atoms with Crippen LogP contribution in [0.2, 0.25) is 0 Å². The molecule has 1 N–H and O–H groups in total. The topological polar surface area (TPSA) is 50.7 Å². The molecule has 19 heavy (non-hydrogen) atoms. The summed E-state index contributed by atoms with van der Waals surface area (Å²) in [5, 5.41) is 5.23. The second-order valence-electron chi connectivity index (χ2n) is 5.21. The minimum Gasteiger partial charge on any atom is -0.369 e. The van der Waals surface area contributed by atoms with Gasteiger partial charge in [-0.15, -0.1) is 11.3 Å². The van der Waals surface area contributed by atoms with Crippen molar-refractivity contribution in [1.82, 2.24) is 15.0 Å². The molecular weight excluding hydrogens is 324 g/mol. The highest BCUT2D eigenvalue weighted by Gasteiger charge is 2.23. The van der Waals surface area contributed by atoms with E-state index in [0.717, 1.165) is 28.2 Å². The maximum atomic E-state index is 4.68. The van der Waals surface area contributed by atoms with E-state index in [1.54, 1.807) is 16.8 Å². The highest BCUT2D eigenvalue weighted by Crippen LogP contribution is 2.34. The lowest BCUT2D eigenvalue weighted by molar-refractivity contribution is 0.564. The number of aromatic nitrogens is 3. The summed E-state index contributed by atoms with van der Waals surface area (Å²) in [7, 11) is 0. The average molecular weight is 341 g/mol. The molecule has 0 saturated heterocycles. The van der Waals surface area contributed by atoms with Crippen molar-refractivity contribution < 1.29 is 0 Å². The van der Waals surface area contributed by atoms with Gasteiger partial charge in [0.25, 0.3) is 0 Å². The molecule has 0 aromatic carbocycles. The van der Waals surface area contributed by atoms with Crippen molar-refractivity contribution in [3.63, 3.8) is 0 Å². The summed E-state index contributed by atoms with van der Waals surface area (Å²) in [4.78, 5) is 13.5. The Hall–Kier alpha value is -1.01. The predicted molar refractivity (Wildman–Crippen MR) is 83.7 cm³/mol. The van der Waals surface area contributed by atoms with Crippen molar-refractivity contribution in [2.45, 2.75) is 33.1 Å². The second-order valence-corrected chi connectivity index (χ2v) is 6.72. The van der Waals surface area contributed by atoms with Gasteiger partial charge in [0.15, 0.2) is 5.82 Å². The van der Waals surface area contributed by atoms with E-state index < -0.39 is 0 Å². The third-order valence-corrected chi connectivity index (χ3v) is 3.90. The average Bonchev–Trinajstić information content (AvgIpc) is 2.84. The monoisotopic (exact) mass is 340 g/mol. The molecule has 0 aliphatic carbocycles. The lowest BCUT2D eigenvalue weighted by atomic mass is 9.92. The Bertz CT molecular complexity index is 561. The third-order valence-electron chi connectivity index (χ3n) is 2.57. The van der Waals surface area contributed by atoms with Gasteiger partial charge in [0, 0.05) is 17.3 Å². The van der Waals surface area contributed by atoms with E-state index in [1.807, 2.05) is 12.3 Å². The molecule has 0 amide bonds. The fraction of sp³-hybridized carbons (Fsp3) is 0.462. The SMILES string of the molecule is CCNc1nc(-c2cscn2)nc(C(C)(C)C)c1Br. The summed E-state index contributed by atoms with van der Waals surface area (Å²) < 4.78 is 0.931. The van der Waals surface area contributed by atoms with Crippen LogP contribution in [0.5, 0.6) is 0 Å². The van der Waals surface area contributed by atoms with E-state index in [1.165, 1.54) is 0 Å². The number of nitrogens with one attached hydrogen (secondary N) is 1. The first-order chi connectivity index (χ1) is 8.93. The van der Waals surface area contributed by atoms with Crippen molar-refractivity contribution in [2.75, 3.05) is 11.9 Å². The molecule has 0 aliphatic heterocycles. The van der Waals surface area contributed by atoms with Crippen LogP contribution in [-0.2, 0) is 5.41 Å². The van der Waals surface area contributed by atoms with Crippen molar-refractivity contribution in [1.29, 1.82) is 0 Å². The van der Waals surface area contributed by atoms with Gasteiger partial charge in [-0.3, -0.25) is 0 Å². The number of anilines is 1. The van der Waals surface area contributed by atoms with Crippen LogP contribution < -0.4 is 5.32 Å². The Morgan fingerprint density at radius 1 is 1.32 bits per heavy atom. The van der Waals surface area contributed by atoms with Crippen molar-refractivity contribution in [3.8, 4) is 11.5 Å². The molecule has 4 nitrogen and oxygen atoms in total. The van der Waals surface area contributed by atoms with Crippen LogP contribution in [0.3, 0.4) is 0 Å². The van der Waals surface area contributed by atoms with Crippen molar-refractivity contribution in [2.24, 2.45) is 0 Å². The molecule has 0 bridgehead atoms. The van der Waals surface area contributed by atoms with E-state index in [0.29, 0.717) is 5.82 Å². The van der Waals surface area contributed by atoms with Crippen LogP contribution in [0.15, 0.2) is 15.4 Å². The first kappa shape index (κ1) is 14.4. The first-order valence-corrected chi connectivity index (χ1v) is 7.87. The van der Waals surface area contributed by atoms with Gasteiger partial charge in [0.1, 0.15) is 11.5 Å². The van der Waals surface area contributed by atoms with Gasteiger partial charge in [-0.25, -0.2) is 15.0 Å². The smallest absolute Gasteiger partial charge is 0.181 e. The van der Waals surface area contributed by atoms with Crippen molar-refractivity contribution >= 4 is 33.1 Å². The van der Waals surface area contributed by atoms with Gasteiger partial charge in [0.2, 0.25) is 0 Å². The number of hydrogen-bond donors (Lipinski definition) is 1. The number of halogens is 1. The molecule has 0 spiro atoms.